The van der Waals surface area contributed by atoms with Gasteiger partial charge in [-0.15, -0.1) is 0 Å². The fourth-order valence-corrected chi connectivity index (χ4v) is 2.47. The smallest absolute Gasteiger partial charge is 0.238 e. The molecule has 2 rings (SSSR count). The zero-order valence-electron chi connectivity index (χ0n) is 13.7. The molecule has 1 heterocycles. The van der Waals surface area contributed by atoms with Gasteiger partial charge in [0, 0.05) is 12.6 Å². The zero-order chi connectivity index (χ0) is 15.9. The molecule has 0 radical (unpaired) electrons. The van der Waals surface area contributed by atoms with Gasteiger partial charge in [-0.1, -0.05) is 19.1 Å². The minimum Gasteiger partial charge on any atom is -0.491 e. The van der Waals surface area contributed by atoms with Gasteiger partial charge in [0.15, 0.2) is 0 Å². The Kier molecular flexibility index (Phi) is 6.21. The third-order valence-electron chi connectivity index (χ3n) is 3.71. The molecular weight excluding hydrogens is 280 g/mol. The van der Waals surface area contributed by atoms with E-state index in [0.717, 1.165) is 24.4 Å². The fourth-order valence-electron chi connectivity index (χ4n) is 2.47. The number of ether oxygens (including phenoxy) is 2. The summed E-state index contributed by atoms with van der Waals surface area (Å²) >= 11 is 0. The van der Waals surface area contributed by atoms with Gasteiger partial charge in [0.1, 0.15) is 5.75 Å². The number of morpholine rings is 1. The third-order valence-corrected chi connectivity index (χ3v) is 3.71. The molecule has 1 aliphatic heterocycles. The van der Waals surface area contributed by atoms with E-state index in [1.54, 1.807) is 0 Å². The van der Waals surface area contributed by atoms with Crippen molar-refractivity contribution >= 4 is 11.6 Å². The maximum atomic E-state index is 12.3. The molecule has 1 amide bonds. The lowest BCUT2D eigenvalue weighted by atomic mass is 10.2. The van der Waals surface area contributed by atoms with Crippen LogP contribution in [0.25, 0.3) is 0 Å². The summed E-state index contributed by atoms with van der Waals surface area (Å²) in [5, 5.41) is 2.96. The molecule has 2 unspecified atom stereocenters. The van der Waals surface area contributed by atoms with Crippen LogP contribution in [0.15, 0.2) is 24.3 Å². The highest BCUT2D eigenvalue weighted by molar-refractivity contribution is 5.93. The molecule has 1 aliphatic rings. The molecule has 1 saturated heterocycles. The molecule has 1 aromatic carbocycles. The van der Waals surface area contributed by atoms with E-state index in [9.17, 15) is 4.79 Å². The van der Waals surface area contributed by atoms with E-state index in [4.69, 9.17) is 9.47 Å². The lowest BCUT2D eigenvalue weighted by Crippen LogP contribution is -2.50. The molecule has 0 spiro atoms. The summed E-state index contributed by atoms with van der Waals surface area (Å²) in [7, 11) is 0. The first-order chi connectivity index (χ1) is 10.6. The quantitative estimate of drug-likeness (QED) is 0.877. The number of carbonyl (C=O) groups is 1. The highest BCUT2D eigenvalue weighted by Gasteiger charge is 2.25. The van der Waals surface area contributed by atoms with Crippen molar-refractivity contribution in [3.63, 3.8) is 0 Å². The lowest BCUT2D eigenvalue weighted by Gasteiger charge is -2.36. The van der Waals surface area contributed by atoms with Crippen LogP contribution in [-0.4, -0.2) is 49.3 Å². The van der Waals surface area contributed by atoms with E-state index in [0.29, 0.717) is 19.8 Å². The predicted molar refractivity (Wildman–Crippen MR) is 87.3 cm³/mol. The van der Waals surface area contributed by atoms with Crippen LogP contribution in [-0.2, 0) is 9.53 Å². The molecule has 0 bridgehead atoms. The van der Waals surface area contributed by atoms with Crippen molar-refractivity contribution in [2.24, 2.45) is 0 Å². The van der Waals surface area contributed by atoms with Crippen LogP contribution in [0.3, 0.4) is 0 Å². The normalized spacial score (nSPS) is 22.3. The summed E-state index contributed by atoms with van der Waals surface area (Å²) in [6.45, 7) is 8.64. The Morgan fingerprint density at radius 2 is 2.18 bits per heavy atom. The number of amides is 1. The van der Waals surface area contributed by atoms with E-state index in [1.807, 2.05) is 31.2 Å². The maximum absolute atomic E-state index is 12.3. The van der Waals surface area contributed by atoms with Gasteiger partial charge in [-0.25, -0.2) is 0 Å². The summed E-state index contributed by atoms with van der Waals surface area (Å²) in [5.41, 5.74) is 0.731. The van der Waals surface area contributed by atoms with Crippen LogP contribution >= 0.6 is 0 Å². The topological polar surface area (TPSA) is 50.8 Å². The van der Waals surface area contributed by atoms with Crippen LogP contribution in [0.4, 0.5) is 5.69 Å². The third kappa shape index (κ3) is 4.71. The summed E-state index contributed by atoms with van der Waals surface area (Å²) in [6, 6.07) is 7.81. The number of anilines is 1. The Hall–Kier alpha value is -1.59. The summed E-state index contributed by atoms with van der Waals surface area (Å²) < 4.78 is 11.3. The maximum Gasteiger partial charge on any atom is 0.238 e. The van der Waals surface area contributed by atoms with Crippen LogP contribution < -0.4 is 10.1 Å². The number of nitrogens with zero attached hydrogens (tertiary/aromatic N) is 1. The van der Waals surface area contributed by atoms with Gasteiger partial charge in [-0.2, -0.15) is 0 Å². The molecular formula is C17H26N2O3. The molecule has 22 heavy (non-hydrogen) atoms. The first-order valence-corrected chi connectivity index (χ1v) is 7.97. The number of para-hydroxylation sites is 2. The molecule has 0 aromatic heterocycles. The minimum absolute atomic E-state index is 0.0199. The molecule has 122 valence electrons. The molecule has 5 nitrogen and oxygen atoms in total. The van der Waals surface area contributed by atoms with Crippen LogP contribution in [0, 0.1) is 0 Å². The Balaban J connectivity index is 1.94. The molecule has 0 aliphatic carbocycles. The van der Waals surface area contributed by atoms with Crippen molar-refractivity contribution in [2.75, 3.05) is 31.6 Å². The van der Waals surface area contributed by atoms with E-state index < -0.39 is 0 Å². The van der Waals surface area contributed by atoms with Gasteiger partial charge in [-0.05, 0) is 32.4 Å². The summed E-state index contributed by atoms with van der Waals surface area (Å²) in [4.78, 5) is 14.5. The Morgan fingerprint density at radius 1 is 1.41 bits per heavy atom. The van der Waals surface area contributed by atoms with Gasteiger partial charge in [-0.3, -0.25) is 9.69 Å². The van der Waals surface area contributed by atoms with E-state index >= 15 is 0 Å². The van der Waals surface area contributed by atoms with Crippen molar-refractivity contribution in [3.8, 4) is 5.75 Å². The largest absolute Gasteiger partial charge is 0.491 e. The number of rotatable bonds is 6. The van der Waals surface area contributed by atoms with Crippen molar-refractivity contribution in [1.29, 1.82) is 0 Å². The second kappa shape index (κ2) is 8.15. The molecule has 5 heteroatoms. The second-order valence-electron chi connectivity index (χ2n) is 5.82. The predicted octanol–water partition coefficient (Wildman–Crippen LogP) is 2.52. The fraction of sp³-hybridized carbons (Fsp3) is 0.588. The minimum atomic E-state index is -0.0199. The average molecular weight is 306 g/mol. The first kappa shape index (κ1) is 16.8. The van der Waals surface area contributed by atoms with E-state index in [1.165, 1.54) is 0 Å². The average Bonchev–Trinajstić information content (AvgIpc) is 2.50. The molecule has 1 fully saturated rings. The van der Waals surface area contributed by atoms with Gasteiger partial charge < -0.3 is 14.8 Å². The van der Waals surface area contributed by atoms with Crippen molar-refractivity contribution in [3.05, 3.63) is 24.3 Å². The molecule has 2 atom stereocenters. The van der Waals surface area contributed by atoms with Crippen LogP contribution in [0.2, 0.25) is 0 Å². The summed E-state index contributed by atoms with van der Waals surface area (Å²) in [5.74, 6) is 0.703. The Labute approximate surface area is 132 Å². The lowest BCUT2D eigenvalue weighted by molar-refractivity contribution is -0.121. The molecule has 1 N–H and O–H groups in total. The summed E-state index contributed by atoms with van der Waals surface area (Å²) in [6.07, 6.45) is 1.11. The highest BCUT2D eigenvalue weighted by Crippen LogP contribution is 2.24. The van der Waals surface area contributed by atoms with E-state index in [2.05, 4.69) is 24.1 Å². The zero-order valence-corrected chi connectivity index (χ0v) is 13.7. The Bertz CT molecular complexity index is 493. The second-order valence-corrected chi connectivity index (χ2v) is 5.82. The van der Waals surface area contributed by atoms with Crippen molar-refractivity contribution in [1.82, 2.24) is 4.90 Å². The number of carbonyl (C=O) groups excluding carboxylic acids is 1. The first-order valence-electron chi connectivity index (χ1n) is 7.97. The standard InChI is InChI=1S/C17H26N2O3/c1-4-9-21-16-8-6-5-7-15(16)18-17(20)11-19-10-14(3)22-12-13(19)2/h5-8,13-14H,4,9-12H2,1-3H3,(H,18,20). The van der Waals surface area contributed by atoms with Crippen molar-refractivity contribution < 1.29 is 14.3 Å². The van der Waals surface area contributed by atoms with Crippen molar-refractivity contribution in [2.45, 2.75) is 39.3 Å². The number of hydrogen-bond acceptors (Lipinski definition) is 4. The molecule has 1 aromatic rings. The van der Waals surface area contributed by atoms with Crippen LogP contribution in [0.5, 0.6) is 5.75 Å². The van der Waals surface area contributed by atoms with Gasteiger partial charge in [0.05, 0.1) is 31.5 Å². The van der Waals surface area contributed by atoms with E-state index in [-0.39, 0.29) is 18.1 Å². The number of nitrogens with one attached hydrogen (secondary N) is 1. The van der Waals surface area contributed by atoms with Gasteiger partial charge in [0.2, 0.25) is 5.91 Å². The van der Waals surface area contributed by atoms with Crippen LogP contribution in [0.1, 0.15) is 27.2 Å². The number of hydrogen-bond donors (Lipinski definition) is 1. The number of benzene rings is 1. The molecule has 0 saturated carbocycles. The van der Waals surface area contributed by atoms with Gasteiger partial charge in [0.25, 0.3) is 0 Å². The van der Waals surface area contributed by atoms with Gasteiger partial charge >= 0.3 is 0 Å². The SMILES string of the molecule is CCCOc1ccccc1NC(=O)CN1CC(C)OCC1C. The monoisotopic (exact) mass is 306 g/mol. The highest BCUT2D eigenvalue weighted by atomic mass is 16.5. The Morgan fingerprint density at radius 3 is 2.95 bits per heavy atom.